The lowest BCUT2D eigenvalue weighted by Crippen LogP contribution is -2.04. The highest BCUT2D eigenvalue weighted by Crippen LogP contribution is 2.34. The molecule has 0 fully saturated rings. The molecule has 0 radical (unpaired) electrons. The summed E-state index contributed by atoms with van der Waals surface area (Å²) >= 11 is 5.64. The number of anilines is 1. The van der Waals surface area contributed by atoms with Gasteiger partial charge in [-0.25, -0.2) is 12.8 Å². The van der Waals surface area contributed by atoms with Crippen molar-refractivity contribution in [2.24, 2.45) is 0 Å². The predicted molar refractivity (Wildman–Crippen MR) is 75.4 cm³/mol. The molecule has 2 rings (SSSR count). The Hall–Kier alpha value is -1.79. The third-order valence-corrected chi connectivity index (χ3v) is 4.01. The van der Waals surface area contributed by atoms with Gasteiger partial charge in [0.15, 0.2) is 27.2 Å². The minimum atomic E-state index is -3.49. The Morgan fingerprint density at radius 3 is 2.40 bits per heavy atom. The van der Waals surface area contributed by atoms with Crippen LogP contribution in [0.25, 0.3) is 0 Å². The molecule has 0 unspecified atom stereocenters. The second-order valence-electron chi connectivity index (χ2n) is 4.09. The summed E-state index contributed by atoms with van der Waals surface area (Å²) in [5, 5.41) is -0.0969. The Bertz CT molecular complexity index is 762. The molecule has 0 spiro atoms. The number of rotatable bonds is 3. The normalized spacial score (nSPS) is 11.3. The molecule has 0 heterocycles. The van der Waals surface area contributed by atoms with Crippen LogP contribution in [-0.2, 0) is 9.84 Å². The smallest absolute Gasteiger partial charge is 0.184 e. The first-order valence-electron chi connectivity index (χ1n) is 5.51. The number of ether oxygens (including phenoxy) is 1. The topological polar surface area (TPSA) is 69.4 Å². The van der Waals surface area contributed by atoms with E-state index < -0.39 is 15.7 Å². The molecule has 106 valence electrons. The van der Waals surface area contributed by atoms with Gasteiger partial charge in [-0.1, -0.05) is 23.7 Å². The third-order valence-electron chi connectivity index (χ3n) is 2.56. The summed E-state index contributed by atoms with van der Waals surface area (Å²) in [5.74, 6) is -0.817. The lowest BCUT2D eigenvalue weighted by atomic mass is 10.3. The average Bonchev–Trinajstić information content (AvgIpc) is 2.36. The Balaban J connectivity index is 2.48. The lowest BCUT2D eigenvalue weighted by Gasteiger charge is -2.12. The molecule has 4 nitrogen and oxygen atoms in total. The summed E-state index contributed by atoms with van der Waals surface area (Å²) in [4.78, 5) is -0.0718. The first kappa shape index (κ1) is 14.6. The second-order valence-corrected chi connectivity index (χ2v) is 6.49. The number of benzene rings is 2. The molecular weight excluding hydrogens is 305 g/mol. The van der Waals surface area contributed by atoms with Gasteiger partial charge in [0, 0.05) is 6.26 Å². The first-order valence-corrected chi connectivity index (χ1v) is 7.78. The number of para-hydroxylation sites is 1. The number of hydrogen-bond acceptors (Lipinski definition) is 4. The van der Waals surface area contributed by atoms with E-state index in [2.05, 4.69) is 0 Å². The van der Waals surface area contributed by atoms with Gasteiger partial charge in [0.2, 0.25) is 0 Å². The molecule has 2 aromatic rings. The van der Waals surface area contributed by atoms with Crippen molar-refractivity contribution in [3.05, 3.63) is 47.2 Å². The number of halogens is 2. The zero-order chi connectivity index (χ0) is 14.9. The van der Waals surface area contributed by atoms with E-state index in [1.807, 2.05) is 0 Å². The summed E-state index contributed by atoms with van der Waals surface area (Å²) in [6.45, 7) is 0. The Kier molecular flexibility index (Phi) is 3.87. The van der Waals surface area contributed by atoms with E-state index in [0.717, 1.165) is 6.26 Å². The summed E-state index contributed by atoms with van der Waals surface area (Å²) in [5.41, 5.74) is 5.67. The molecular formula is C13H11ClFNO3S. The van der Waals surface area contributed by atoms with Crippen molar-refractivity contribution in [3.8, 4) is 11.5 Å². The quantitative estimate of drug-likeness (QED) is 0.883. The molecule has 0 amide bonds. The molecule has 7 heteroatoms. The van der Waals surface area contributed by atoms with Crippen LogP contribution in [0.15, 0.2) is 41.3 Å². The number of hydrogen-bond donors (Lipinski definition) is 1. The number of sulfone groups is 1. The van der Waals surface area contributed by atoms with Crippen molar-refractivity contribution in [2.45, 2.75) is 4.90 Å². The van der Waals surface area contributed by atoms with E-state index in [1.54, 1.807) is 0 Å². The highest BCUT2D eigenvalue weighted by molar-refractivity contribution is 7.90. The van der Waals surface area contributed by atoms with Crippen LogP contribution in [0, 0.1) is 5.82 Å². The summed E-state index contributed by atoms with van der Waals surface area (Å²) in [6, 6.07) is 8.52. The number of nitrogen functional groups attached to an aromatic ring is 1. The summed E-state index contributed by atoms with van der Waals surface area (Å²) < 4.78 is 42.1. The monoisotopic (exact) mass is 315 g/mol. The van der Waals surface area contributed by atoms with Crippen LogP contribution in [0.2, 0.25) is 5.02 Å². The molecule has 0 aliphatic rings. The highest BCUT2D eigenvalue weighted by Gasteiger charge is 2.16. The fourth-order valence-electron chi connectivity index (χ4n) is 1.62. The summed E-state index contributed by atoms with van der Waals surface area (Å²) in [6.07, 6.45) is 1.03. The maximum atomic E-state index is 13.7. The lowest BCUT2D eigenvalue weighted by molar-refractivity contribution is 0.443. The van der Waals surface area contributed by atoms with Crippen molar-refractivity contribution in [2.75, 3.05) is 12.0 Å². The van der Waals surface area contributed by atoms with Gasteiger partial charge in [-0.3, -0.25) is 0 Å². The van der Waals surface area contributed by atoms with E-state index in [1.165, 1.54) is 36.4 Å². The Morgan fingerprint density at radius 1 is 1.15 bits per heavy atom. The van der Waals surface area contributed by atoms with E-state index in [-0.39, 0.29) is 27.1 Å². The van der Waals surface area contributed by atoms with Crippen LogP contribution < -0.4 is 10.5 Å². The molecule has 0 bridgehead atoms. The zero-order valence-corrected chi connectivity index (χ0v) is 12.0. The maximum absolute atomic E-state index is 13.7. The minimum absolute atomic E-state index is 0.0501. The van der Waals surface area contributed by atoms with E-state index in [9.17, 15) is 12.8 Å². The fraction of sp³-hybridized carbons (Fsp3) is 0.0769. The van der Waals surface area contributed by atoms with Gasteiger partial charge >= 0.3 is 0 Å². The van der Waals surface area contributed by atoms with Gasteiger partial charge < -0.3 is 10.5 Å². The SMILES string of the molecule is CS(=O)(=O)c1cccc(Oc2cccc(Cl)c2F)c1N. The Labute approximate surface area is 120 Å². The third kappa shape index (κ3) is 2.86. The molecule has 0 aliphatic heterocycles. The molecule has 0 aromatic heterocycles. The Morgan fingerprint density at radius 2 is 1.75 bits per heavy atom. The van der Waals surface area contributed by atoms with Gasteiger partial charge in [-0.05, 0) is 24.3 Å². The summed E-state index contributed by atoms with van der Waals surface area (Å²) in [7, 11) is -3.49. The molecule has 0 saturated heterocycles. The van der Waals surface area contributed by atoms with Crippen LogP contribution >= 0.6 is 11.6 Å². The van der Waals surface area contributed by atoms with Crippen molar-refractivity contribution < 1.29 is 17.5 Å². The molecule has 2 N–H and O–H groups in total. The largest absolute Gasteiger partial charge is 0.452 e. The average molecular weight is 316 g/mol. The predicted octanol–water partition coefficient (Wildman–Crippen LogP) is 3.26. The first-order chi connectivity index (χ1) is 9.30. The molecule has 20 heavy (non-hydrogen) atoms. The van der Waals surface area contributed by atoms with Crippen molar-refractivity contribution in [1.82, 2.24) is 0 Å². The van der Waals surface area contributed by atoms with E-state index in [4.69, 9.17) is 22.1 Å². The van der Waals surface area contributed by atoms with E-state index >= 15 is 0 Å². The van der Waals surface area contributed by atoms with Crippen molar-refractivity contribution in [1.29, 1.82) is 0 Å². The molecule has 0 atom stereocenters. The van der Waals surface area contributed by atoms with Gasteiger partial charge in [-0.2, -0.15) is 0 Å². The van der Waals surface area contributed by atoms with Crippen molar-refractivity contribution in [3.63, 3.8) is 0 Å². The highest BCUT2D eigenvalue weighted by atomic mass is 35.5. The second kappa shape index (κ2) is 5.30. The van der Waals surface area contributed by atoms with E-state index in [0.29, 0.717) is 0 Å². The van der Waals surface area contributed by atoms with Crippen LogP contribution in [-0.4, -0.2) is 14.7 Å². The van der Waals surface area contributed by atoms with Crippen LogP contribution in [0.3, 0.4) is 0 Å². The molecule has 2 aromatic carbocycles. The zero-order valence-electron chi connectivity index (χ0n) is 10.4. The van der Waals surface area contributed by atoms with Gasteiger partial charge in [0.05, 0.1) is 15.6 Å². The van der Waals surface area contributed by atoms with Crippen LogP contribution in [0.1, 0.15) is 0 Å². The number of nitrogens with two attached hydrogens (primary N) is 1. The van der Waals surface area contributed by atoms with Gasteiger partial charge in [0.25, 0.3) is 0 Å². The minimum Gasteiger partial charge on any atom is -0.452 e. The molecule has 0 aliphatic carbocycles. The van der Waals surface area contributed by atoms with Gasteiger partial charge in [0.1, 0.15) is 0 Å². The van der Waals surface area contributed by atoms with Crippen LogP contribution in [0.4, 0.5) is 10.1 Å². The maximum Gasteiger partial charge on any atom is 0.184 e. The molecule has 0 saturated carbocycles. The fourth-order valence-corrected chi connectivity index (χ4v) is 2.61. The standard InChI is InChI=1S/C13H11ClFNO3S/c1-20(17,18)11-7-3-6-10(13(11)16)19-9-5-2-4-8(14)12(9)15/h2-7H,16H2,1H3. The van der Waals surface area contributed by atoms with Gasteiger partial charge in [-0.15, -0.1) is 0 Å². The van der Waals surface area contributed by atoms with Crippen molar-refractivity contribution >= 4 is 27.1 Å². The van der Waals surface area contributed by atoms with Crippen LogP contribution in [0.5, 0.6) is 11.5 Å².